The first-order chi connectivity index (χ1) is 15.0. The van der Waals surface area contributed by atoms with Crippen LogP contribution in [0.15, 0.2) is 36.4 Å². The molecule has 3 aliphatic carbocycles. The van der Waals surface area contributed by atoms with E-state index in [1.165, 1.54) is 29.5 Å². The topological polar surface area (TPSA) is 49.8 Å². The van der Waals surface area contributed by atoms with Crippen molar-refractivity contribution in [2.75, 3.05) is 19.6 Å². The standard InChI is InChI=1S/C26H28ClNO3/c27-23-3-1-2-21(17-4-5-17)22(23)13-31-20-7-6-18-11-25(12-19(18)10-20)14-28(15-25)16-26(8-9-26)24(29)30/h1-3,6-7,10,17H,4-5,8-9,11-16H2,(H,29,30). The van der Waals surface area contributed by atoms with Crippen LogP contribution in [0.1, 0.15) is 53.9 Å². The third kappa shape index (κ3) is 3.54. The van der Waals surface area contributed by atoms with E-state index in [1.807, 2.05) is 12.1 Å². The molecule has 162 valence electrons. The summed E-state index contributed by atoms with van der Waals surface area (Å²) in [5, 5.41) is 10.3. The van der Waals surface area contributed by atoms with Crippen molar-refractivity contribution < 1.29 is 14.6 Å². The maximum absolute atomic E-state index is 11.5. The molecule has 0 radical (unpaired) electrons. The molecular weight excluding hydrogens is 410 g/mol. The predicted molar refractivity (Wildman–Crippen MR) is 120 cm³/mol. The fourth-order valence-corrected chi connectivity index (χ4v) is 6.05. The number of halogens is 1. The number of ether oxygens (including phenoxy) is 1. The van der Waals surface area contributed by atoms with Crippen molar-refractivity contribution in [2.24, 2.45) is 10.8 Å². The molecule has 2 saturated carbocycles. The van der Waals surface area contributed by atoms with Crippen molar-refractivity contribution >= 4 is 17.6 Å². The van der Waals surface area contributed by atoms with Crippen LogP contribution in [0.2, 0.25) is 5.02 Å². The van der Waals surface area contributed by atoms with Crippen LogP contribution in [0.5, 0.6) is 5.75 Å². The Morgan fingerprint density at radius 1 is 1.13 bits per heavy atom. The summed E-state index contributed by atoms with van der Waals surface area (Å²) in [6, 6.07) is 12.7. The minimum atomic E-state index is -0.617. The Hall–Kier alpha value is -2.04. The summed E-state index contributed by atoms with van der Waals surface area (Å²) < 4.78 is 6.20. The Morgan fingerprint density at radius 2 is 1.90 bits per heavy atom. The number of rotatable bonds is 7. The lowest BCUT2D eigenvalue weighted by molar-refractivity contribution is -0.145. The van der Waals surface area contributed by atoms with Crippen molar-refractivity contribution in [3.63, 3.8) is 0 Å². The first-order valence-corrected chi connectivity index (χ1v) is 11.8. The highest BCUT2D eigenvalue weighted by atomic mass is 35.5. The van der Waals surface area contributed by atoms with Crippen LogP contribution in [-0.2, 0) is 24.2 Å². The van der Waals surface area contributed by atoms with Crippen LogP contribution < -0.4 is 4.74 Å². The fourth-order valence-electron chi connectivity index (χ4n) is 5.82. The van der Waals surface area contributed by atoms with Gasteiger partial charge in [0, 0.05) is 35.6 Å². The number of hydrogen-bond acceptors (Lipinski definition) is 3. The third-order valence-electron chi connectivity index (χ3n) is 7.82. The zero-order valence-electron chi connectivity index (χ0n) is 17.7. The zero-order chi connectivity index (χ0) is 21.2. The molecule has 1 spiro atoms. The molecule has 0 unspecified atom stereocenters. The van der Waals surface area contributed by atoms with Crippen LogP contribution in [0.4, 0.5) is 0 Å². The first kappa shape index (κ1) is 19.6. The molecule has 0 amide bonds. The molecule has 3 fully saturated rings. The number of nitrogens with zero attached hydrogens (tertiary/aromatic N) is 1. The summed E-state index contributed by atoms with van der Waals surface area (Å²) in [6.45, 7) is 3.25. The van der Waals surface area contributed by atoms with E-state index in [9.17, 15) is 9.90 Å². The van der Waals surface area contributed by atoms with E-state index < -0.39 is 11.4 Å². The predicted octanol–water partition coefficient (Wildman–Crippen LogP) is 5.06. The largest absolute Gasteiger partial charge is 0.489 e. The lowest BCUT2D eigenvalue weighted by Gasteiger charge is -2.49. The van der Waals surface area contributed by atoms with Gasteiger partial charge in [0.1, 0.15) is 12.4 Å². The Kier molecular flexibility index (Phi) is 4.42. The van der Waals surface area contributed by atoms with Gasteiger partial charge in [-0.1, -0.05) is 29.8 Å². The van der Waals surface area contributed by atoms with E-state index in [2.05, 4.69) is 29.2 Å². The molecule has 4 aliphatic rings. The number of fused-ring (bicyclic) bond motifs is 1. The van der Waals surface area contributed by atoms with Crippen molar-refractivity contribution in [2.45, 2.75) is 51.0 Å². The molecule has 6 rings (SSSR count). The highest BCUT2D eigenvalue weighted by Crippen LogP contribution is 2.51. The molecule has 0 aromatic heterocycles. The molecule has 1 saturated heterocycles. The fraction of sp³-hybridized carbons (Fsp3) is 0.500. The number of carboxylic acids is 1. The van der Waals surface area contributed by atoms with Crippen LogP contribution in [0.25, 0.3) is 0 Å². The summed E-state index contributed by atoms with van der Waals surface area (Å²) >= 11 is 6.49. The molecule has 1 heterocycles. The monoisotopic (exact) mass is 437 g/mol. The minimum absolute atomic E-state index is 0.289. The summed E-state index contributed by atoms with van der Waals surface area (Å²) in [4.78, 5) is 13.8. The van der Waals surface area contributed by atoms with E-state index in [-0.39, 0.29) is 5.41 Å². The van der Waals surface area contributed by atoms with Gasteiger partial charge in [0.25, 0.3) is 0 Å². The lowest BCUT2D eigenvalue weighted by atomic mass is 9.76. The normalized spacial score (nSPS) is 22.7. The number of benzene rings is 2. The van der Waals surface area contributed by atoms with Gasteiger partial charge in [-0.25, -0.2) is 0 Å². The SMILES string of the molecule is O=C(O)C1(CN2CC3(Cc4ccc(OCc5c(Cl)cccc5C5CC5)cc4C3)C2)CC1. The summed E-state index contributed by atoms with van der Waals surface area (Å²) in [5.41, 5.74) is 5.12. The Bertz CT molecular complexity index is 1050. The Balaban J connectivity index is 1.10. The highest BCUT2D eigenvalue weighted by molar-refractivity contribution is 6.31. The third-order valence-corrected chi connectivity index (χ3v) is 8.17. The average molecular weight is 438 g/mol. The van der Waals surface area contributed by atoms with Gasteiger partial charge >= 0.3 is 5.97 Å². The van der Waals surface area contributed by atoms with Crippen molar-refractivity contribution in [1.29, 1.82) is 0 Å². The molecule has 0 bridgehead atoms. The van der Waals surface area contributed by atoms with Gasteiger partial charge in [-0.15, -0.1) is 0 Å². The summed E-state index contributed by atoms with van der Waals surface area (Å²) in [7, 11) is 0. The average Bonchev–Trinajstić information content (AvgIpc) is 3.63. The van der Waals surface area contributed by atoms with Gasteiger partial charge < -0.3 is 14.7 Å². The number of carboxylic acid groups (broad SMARTS) is 1. The number of carbonyl (C=O) groups is 1. The number of likely N-dealkylation sites (tertiary alicyclic amines) is 1. The second-order valence-corrected chi connectivity index (χ2v) is 10.8. The molecule has 1 aliphatic heterocycles. The van der Waals surface area contributed by atoms with Crippen molar-refractivity contribution in [1.82, 2.24) is 4.90 Å². The van der Waals surface area contributed by atoms with Gasteiger partial charge in [0.2, 0.25) is 0 Å². The molecule has 1 N–H and O–H groups in total. The van der Waals surface area contributed by atoms with E-state index in [0.717, 1.165) is 61.7 Å². The van der Waals surface area contributed by atoms with Gasteiger partial charge in [0.05, 0.1) is 5.41 Å². The molecular formula is C26H28ClNO3. The Labute approximate surface area is 188 Å². The quantitative estimate of drug-likeness (QED) is 0.657. The maximum atomic E-state index is 11.5. The van der Waals surface area contributed by atoms with E-state index in [0.29, 0.717) is 12.5 Å². The molecule has 2 aromatic rings. The van der Waals surface area contributed by atoms with E-state index >= 15 is 0 Å². The second kappa shape index (κ2) is 6.98. The van der Waals surface area contributed by atoms with Gasteiger partial charge in [-0.2, -0.15) is 0 Å². The smallest absolute Gasteiger partial charge is 0.310 e. The lowest BCUT2D eigenvalue weighted by Crippen LogP contribution is -2.58. The first-order valence-electron chi connectivity index (χ1n) is 11.4. The number of hydrogen-bond donors (Lipinski definition) is 1. The van der Waals surface area contributed by atoms with Crippen LogP contribution in [0.3, 0.4) is 0 Å². The van der Waals surface area contributed by atoms with Gasteiger partial charge in [-0.3, -0.25) is 4.79 Å². The van der Waals surface area contributed by atoms with Gasteiger partial charge in [-0.05, 0) is 79.3 Å². The van der Waals surface area contributed by atoms with Crippen LogP contribution >= 0.6 is 11.6 Å². The number of aliphatic carboxylic acids is 1. The molecule has 2 aromatic carbocycles. The van der Waals surface area contributed by atoms with E-state index in [4.69, 9.17) is 16.3 Å². The summed E-state index contributed by atoms with van der Waals surface area (Å²) in [6.07, 6.45) is 6.32. The second-order valence-electron chi connectivity index (χ2n) is 10.4. The minimum Gasteiger partial charge on any atom is -0.489 e. The summed E-state index contributed by atoms with van der Waals surface area (Å²) in [5.74, 6) is 0.944. The van der Waals surface area contributed by atoms with Crippen LogP contribution in [0, 0.1) is 10.8 Å². The van der Waals surface area contributed by atoms with Gasteiger partial charge in [0.15, 0.2) is 0 Å². The van der Waals surface area contributed by atoms with Crippen molar-refractivity contribution in [3.05, 3.63) is 63.7 Å². The van der Waals surface area contributed by atoms with E-state index in [1.54, 1.807) is 0 Å². The van der Waals surface area contributed by atoms with Crippen LogP contribution in [-0.4, -0.2) is 35.6 Å². The Morgan fingerprint density at radius 3 is 2.61 bits per heavy atom. The molecule has 4 nitrogen and oxygen atoms in total. The zero-order valence-corrected chi connectivity index (χ0v) is 18.5. The van der Waals surface area contributed by atoms with Crippen molar-refractivity contribution in [3.8, 4) is 5.75 Å². The molecule has 5 heteroatoms. The highest BCUT2D eigenvalue weighted by Gasteiger charge is 2.55. The molecule has 0 atom stereocenters. The maximum Gasteiger partial charge on any atom is 0.310 e. The molecule has 31 heavy (non-hydrogen) atoms.